The molecule has 1 N–H and O–H groups in total. The summed E-state index contributed by atoms with van der Waals surface area (Å²) < 4.78 is 0. The fraction of sp³-hybridized carbons (Fsp3) is 0.385. The first-order chi connectivity index (χ1) is 6.85. The van der Waals surface area contributed by atoms with Gasteiger partial charge >= 0.3 is 0 Å². The van der Waals surface area contributed by atoms with Gasteiger partial charge in [-0.15, -0.1) is 6.58 Å². The lowest BCUT2D eigenvalue weighted by Gasteiger charge is -2.13. The van der Waals surface area contributed by atoms with Gasteiger partial charge in [-0.3, -0.25) is 0 Å². The quantitative estimate of drug-likeness (QED) is 0.717. The number of hydrogen-bond donors (Lipinski definition) is 1. The van der Waals surface area contributed by atoms with E-state index in [4.69, 9.17) is 0 Å². The van der Waals surface area contributed by atoms with Crippen LogP contribution in [0.2, 0.25) is 0 Å². The number of nitrogens with one attached hydrogen (secondary N) is 1. The smallest absolute Gasteiger partial charge is 0.0501 e. The van der Waals surface area contributed by atoms with Crippen molar-refractivity contribution in [3.8, 4) is 0 Å². The van der Waals surface area contributed by atoms with Crippen molar-refractivity contribution in [2.45, 2.75) is 25.3 Å². The molecular formula is C13H17N. The Morgan fingerprint density at radius 1 is 1.36 bits per heavy atom. The third-order valence-electron chi connectivity index (χ3n) is 3.03. The first-order valence-corrected chi connectivity index (χ1v) is 5.26. The van der Waals surface area contributed by atoms with Gasteiger partial charge in [-0.2, -0.15) is 0 Å². The van der Waals surface area contributed by atoms with Gasteiger partial charge in [-0.1, -0.05) is 24.3 Å². The molecule has 1 aliphatic carbocycles. The van der Waals surface area contributed by atoms with Gasteiger partial charge < -0.3 is 5.32 Å². The van der Waals surface area contributed by atoms with Gasteiger partial charge in [-0.25, -0.2) is 0 Å². The van der Waals surface area contributed by atoms with Crippen molar-refractivity contribution in [2.24, 2.45) is 0 Å². The van der Waals surface area contributed by atoms with Gasteiger partial charge in [0.2, 0.25) is 0 Å². The molecule has 1 aromatic rings. The van der Waals surface area contributed by atoms with Crippen LogP contribution in [0.3, 0.4) is 0 Å². The van der Waals surface area contributed by atoms with Crippen molar-refractivity contribution >= 4 is 0 Å². The molecular weight excluding hydrogens is 170 g/mol. The normalized spacial score (nSPS) is 16.4. The van der Waals surface area contributed by atoms with Crippen LogP contribution in [0.25, 0.3) is 0 Å². The molecule has 2 rings (SSSR count). The molecule has 1 heteroatoms. The summed E-state index contributed by atoms with van der Waals surface area (Å²) in [5, 5.41) is 3.24. The van der Waals surface area contributed by atoms with Crippen LogP contribution in [0, 0.1) is 0 Å². The lowest BCUT2D eigenvalue weighted by atomic mass is 10.0. The molecule has 0 saturated heterocycles. The van der Waals surface area contributed by atoms with Gasteiger partial charge in [0.05, 0.1) is 6.04 Å². The van der Waals surface area contributed by atoms with Gasteiger partial charge in [0.15, 0.2) is 0 Å². The molecule has 1 nitrogen and oxygen atoms in total. The minimum atomic E-state index is 0.292. The highest BCUT2D eigenvalue weighted by atomic mass is 14.9. The van der Waals surface area contributed by atoms with Crippen molar-refractivity contribution in [3.05, 3.63) is 47.5 Å². The molecule has 0 aromatic heterocycles. The average molecular weight is 187 g/mol. The Kier molecular flexibility index (Phi) is 2.69. The number of fused-ring (bicyclic) bond motifs is 1. The van der Waals surface area contributed by atoms with Gasteiger partial charge in [-0.05, 0) is 43.0 Å². The third kappa shape index (κ3) is 1.60. The van der Waals surface area contributed by atoms with Crippen molar-refractivity contribution in [2.75, 3.05) is 7.05 Å². The van der Waals surface area contributed by atoms with Crippen LogP contribution in [0.1, 0.15) is 29.2 Å². The minimum absolute atomic E-state index is 0.292. The molecule has 0 amide bonds. The molecule has 1 aromatic carbocycles. The largest absolute Gasteiger partial charge is 0.310 e. The summed E-state index contributed by atoms with van der Waals surface area (Å²) in [4.78, 5) is 0. The summed E-state index contributed by atoms with van der Waals surface area (Å²) in [6.07, 6.45) is 5.78. The Labute approximate surface area is 85.8 Å². The maximum absolute atomic E-state index is 3.84. The zero-order valence-corrected chi connectivity index (χ0v) is 8.72. The average Bonchev–Trinajstić information content (AvgIpc) is 2.66. The molecule has 14 heavy (non-hydrogen) atoms. The zero-order valence-electron chi connectivity index (χ0n) is 8.72. The lowest BCUT2D eigenvalue weighted by Crippen LogP contribution is -2.13. The number of aryl methyl sites for hydroxylation is 2. The van der Waals surface area contributed by atoms with Crippen molar-refractivity contribution in [3.63, 3.8) is 0 Å². The first-order valence-electron chi connectivity index (χ1n) is 5.26. The number of benzene rings is 1. The second kappa shape index (κ2) is 3.97. The molecule has 0 saturated carbocycles. The Balaban J connectivity index is 2.32. The summed E-state index contributed by atoms with van der Waals surface area (Å²) in [5.74, 6) is 0. The van der Waals surface area contributed by atoms with E-state index in [1.54, 1.807) is 0 Å². The molecule has 1 atom stereocenters. The predicted octanol–water partition coefficient (Wildman–Crippen LogP) is 2.62. The molecule has 0 bridgehead atoms. The van der Waals surface area contributed by atoms with E-state index >= 15 is 0 Å². The Hall–Kier alpha value is -1.08. The Bertz CT molecular complexity index is 341. The molecule has 1 aliphatic rings. The maximum atomic E-state index is 3.84. The topological polar surface area (TPSA) is 12.0 Å². The maximum Gasteiger partial charge on any atom is 0.0501 e. The second-order valence-corrected chi connectivity index (χ2v) is 3.88. The van der Waals surface area contributed by atoms with Crippen molar-refractivity contribution in [1.29, 1.82) is 0 Å². The summed E-state index contributed by atoms with van der Waals surface area (Å²) in [6.45, 7) is 3.84. The number of hydrogen-bond acceptors (Lipinski definition) is 1. The monoisotopic (exact) mass is 187 g/mol. The summed E-state index contributed by atoms with van der Waals surface area (Å²) in [7, 11) is 1.97. The van der Waals surface area contributed by atoms with E-state index in [9.17, 15) is 0 Å². The van der Waals surface area contributed by atoms with Gasteiger partial charge in [0.1, 0.15) is 0 Å². The predicted molar refractivity (Wildman–Crippen MR) is 60.5 cm³/mol. The van der Waals surface area contributed by atoms with Crippen LogP contribution in [-0.2, 0) is 12.8 Å². The van der Waals surface area contributed by atoms with Gasteiger partial charge in [0, 0.05) is 0 Å². The summed E-state index contributed by atoms with van der Waals surface area (Å²) >= 11 is 0. The number of likely N-dealkylation sites (N-methyl/N-ethyl adjacent to an activating group) is 1. The van der Waals surface area contributed by atoms with Crippen LogP contribution in [0.4, 0.5) is 0 Å². The van der Waals surface area contributed by atoms with Crippen LogP contribution in [0.5, 0.6) is 0 Å². The Morgan fingerprint density at radius 2 is 2.14 bits per heavy atom. The van der Waals surface area contributed by atoms with E-state index in [0.29, 0.717) is 6.04 Å². The van der Waals surface area contributed by atoms with E-state index in [-0.39, 0.29) is 0 Å². The molecule has 1 unspecified atom stereocenters. The lowest BCUT2D eigenvalue weighted by molar-refractivity contribution is 0.715. The Morgan fingerprint density at radius 3 is 2.86 bits per heavy atom. The molecule has 0 spiro atoms. The third-order valence-corrected chi connectivity index (χ3v) is 3.03. The second-order valence-electron chi connectivity index (χ2n) is 3.88. The number of rotatable bonds is 3. The zero-order chi connectivity index (χ0) is 9.97. The standard InChI is InChI=1S/C13H17N/c1-3-13(14-2)12-8-7-10-5-4-6-11(10)9-12/h3,7-9,13-14H,1,4-6H2,2H3. The van der Waals surface area contributed by atoms with Crippen LogP contribution in [-0.4, -0.2) is 7.05 Å². The molecule has 74 valence electrons. The van der Waals surface area contributed by atoms with E-state index in [0.717, 1.165) is 0 Å². The SMILES string of the molecule is C=CC(NC)c1ccc2c(c1)CCC2. The molecule has 0 radical (unpaired) electrons. The fourth-order valence-electron chi connectivity index (χ4n) is 2.21. The van der Waals surface area contributed by atoms with Gasteiger partial charge in [0.25, 0.3) is 0 Å². The molecule has 0 heterocycles. The van der Waals surface area contributed by atoms with E-state index in [1.165, 1.54) is 36.0 Å². The van der Waals surface area contributed by atoms with Crippen LogP contribution in [0.15, 0.2) is 30.9 Å². The van der Waals surface area contributed by atoms with E-state index in [2.05, 4.69) is 30.1 Å². The fourth-order valence-corrected chi connectivity index (χ4v) is 2.21. The van der Waals surface area contributed by atoms with Crippen molar-refractivity contribution in [1.82, 2.24) is 5.32 Å². The highest BCUT2D eigenvalue weighted by molar-refractivity contribution is 5.37. The summed E-state index contributed by atoms with van der Waals surface area (Å²) in [6, 6.07) is 7.10. The highest BCUT2D eigenvalue weighted by Crippen LogP contribution is 2.25. The first kappa shape index (κ1) is 9.47. The van der Waals surface area contributed by atoms with Crippen LogP contribution < -0.4 is 5.32 Å². The van der Waals surface area contributed by atoms with E-state index < -0.39 is 0 Å². The summed E-state index contributed by atoms with van der Waals surface area (Å²) in [5.41, 5.74) is 4.40. The molecule has 0 fully saturated rings. The molecule has 0 aliphatic heterocycles. The van der Waals surface area contributed by atoms with Crippen molar-refractivity contribution < 1.29 is 0 Å². The minimum Gasteiger partial charge on any atom is -0.310 e. The highest BCUT2D eigenvalue weighted by Gasteiger charge is 2.12. The van der Waals surface area contributed by atoms with E-state index in [1.807, 2.05) is 13.1 Å². The van der Waals surface area contributed by atoms with Crippen LogP contribution >= 0.6 is 0 Å².